The van der Waals surface area contributed by atoms with Crippen molar-refractivity contribution in [1.82, 2.24) is 15.7 Å². The first-order valence-corrected chi connectivity index (χ1v) is 13.1. The monoisotopic (exact) mass is 603 g/mol. The number of amides is 3. The minimum absolute atomic E-state index is 0.0431. The summed E-state index contributed by atoms with van der Waals surface area (Å²) in [7, 11) is 0. The van der Waals surface area contributed by atoms with E-state index in [1.54, 1.807) is 24.5 Å². The van der Waals surface area contributed by atoms with Crippen molar-refractivity contribution in [3.05, 3.63) is 64.7 Å². The molecule has 14 heteroatoms. The summed E-state index contributed by atoms with van der Waals surface area (Å²) in [5, 5.41) is 11.9. The molecule has 1 saturated heterocycles. The Morgan fingerprint density at radius 3 is 2.14 bits per heavy atom. The highest BCUT2D eigenvalue weighted by atomic mass is 19.4. The van der Waals surface area contributed by atoms with Crippen molar-refractivity contribution in [3.8, 4) is 5.75 Å². The standard InChI is InChI=1S/C28H31F6N3O5/c1-17(38)35-11-4-3-5-23(24(39)36-41)37-12-10-26(2,25(37)40)19-6-8-22(9-7-19)42-16-18-13-20(27(29,30)31)15-21(14-18)28(32,33)34/h6-9,13-15,23,41H,3-5,10-12,16H2,1-2H3,(H,35,38)(H,36,39). The fourth-order valence-corrected chi connectivity index (χ4v) is 4.85. The lowest BCUT2D eigenvalue weighted by molar-refractivity contribution is -0.144. The first kappa shape index (κ1) is 32.7. The van der Waals surface area contributed by atoms with Crippen LogP contribution in [0.25, 0.3) is 0 Å². The van der Waals surface area contributed by atoms with Crippen LogP contribution in [0, 0.1) is 0 Å². The SMILES string of the molecule is CC(=O)NCCCCC(C(=O)NO)N1CCC(C)(c2ccc(OCc3cc(C(F)(F)F)cc(C(F)(F)F)c3)cc2)C1=O. The van der Waals surface area contributed by atoms with Crippen molar-refractivity contribution in [2.24, 2.45) is 0 Å². The third-order valence-electron chi connectivity index (χ3n) is 7.20. The van der Waals surface area contributed by atoms with Crippen LogP contribution in [0.3, 0.4) is 0 Å². The molecular formula is C28H31F6N3O5. The number of hydrogen-bond acceptors (Lipinski definition) is 5. The van der Waals surface area contributed by atoms with Gasteiger partial charge in [0.25, 0.3) is 5.91 Å². The quantitative estimate of drug-likeness (QED) is 0.146. The highest BCUT2D eigenvalue weighted by Gasteiger charge is 2.47. The minimum atomic E-state index is -4.97. The Hall–Kier alpha value is -3.81. The molecule has 3 N–H and O–H groups in total. The number of alkyl halides is 6. The van der Waals surface area contributed by atoms with E-state index in [1.807, 2.05) is 0 Å². The molecule has 0 radical (unpaired) electrons. The Morgan fingerprint density at radius 2 is 1.62 bits per heavy atom. The number of carbonyl (C=O) groups is 3. The summed E-state index contributed by atoms with van der Waals surface area (Å²) in [5.74, 6) is -1.12. The van der Waals surface area contributed by atoms with Crippen LogP contribution in [0.2, 0.25) is 0 Å². The van der Waals surface area contributed by atoms with Crippen molar-refractivity contribution in [1.29, 1.82) is 0 Å². The van der Waals surface area contributed by atoms with Gasteiger partial charge in [0.05, 0.1) is 16.5 Å². The van der Waals surface area contributed by atoms with Gasteiger partial charge in [0.2, 0.25) is 11.8 Å². The van der Waals surface area contributed by atoms with Crippen molar-refractivity contribution < 1.29 is 50.7 Å². The molecule has 1 fully saturated rings. The number of carbonyl (C=O) groups excluding carboxylic acids is 3. The molecule has 0 saturated carbocycles. The first-order valence-electron chi connectivity index (χ1n) is 13.1. The molecule has 0 aliphatic carbocycles. The molecule has 2 aromatic rings. The third kappa shape index (κ3) is 7.93. The number of ether oxygens (including phenoxy) is 1. The number of nitrogens with zero attached hydrogens (tertiary/aromatic N) is 1. The number of hydroxylamine groups is 1. The predicted molar refractivity (Wildman–Crippen MR) is 137 cm³/mol. The van der Waals surface area contributed by atoms with E-state index in [9.17, 15) is 45.9 Å². The fourth-order valence-electron chi connectivity index (χ4n) is 4.85. The second-order valence-corrected chi connectivity index (χ2v) is 10.3. The molecule has 8 nitrogen and oxygen atoms in total. The normalized spacial score (nSPS) is 18.1. The summed E-state index contributed by atoms with van der Waals surface area (Å²) in [6.07, 6.45) is -8.28. The molecule has 2 unspecified atom stereocenters. The largest absolute Gasteiger partial charge is 0.489 e. The van der Waals surface area contributed by atoms with Crippen LogP contribution < -0.4 is 15.5 Å². The van der Waals surface area contributed by atoms with Crippen LogP contribution in [0.1, 0.15) is 61.8 Å². The average molecular weight is 604 g/mol. The van der Waals surface area contributed by atoms with Gasteiger partial charge < -0.3 is 15.0 Å². The Morgan fingerprint density at radius 1 is 1.02 bits per heavy atom. The topological polar surface area (TPSA) is 108 Å². The van der Waals surface area contributed by atoms with Crippen LogP contribution in [-0.2, 0) is 38.8 Å². The Kier molecular flexibility index (Phi) is 10.1. The summed E-state index contributed by atoms with van der Waals surface area (Å²) in [6.45, 7) is 3.15. The Labute approximate surface area is 238 Å². The maximum atomic E-state index is 13.5. The van der Waals surface area contributed by atoms with E-state index in [0.717, 1.165) is 0 Å². The van der Waals surface area contributed by atoms with Gasteiger partial charge in [-0.25, -0.2) is 5.48 Å². The molecule has 1 aliphatic rings. The van der Waals surface area contributed by atoms with Crippen LogP contribution in [0.15, 0.2) is 42.5 Å². The van der Waals surface area contributed by atoms with Gasteiger partial charge in [0, 0.05) is 20.0 Å². The Bertz CT molecular complexity index is 1250. The zero-order valence-electron chi connectivity index (χ0n) is 22.9. The van der Waals surface area contributed by atoms with Crippen LogP contribution in [0.5, 0.6) is 5.75 Å². The van der Waals surface area contributed by atoms with Crippen molar-refractivity contribution >= 4 is 17.7 Å². The molecular weight excluding hydrogens is 572 g/mol. The second-order valence-electron chi connectivity index (χ2n) is 10.3. The van der Waals surface area contributed by atoms with Gasteiger partial charge in [-0.1, -0.05) is 12.1 Å². The maximum absolute atomic E-state index is 13.5. The molecule has 2 aromatic carbocycles. The summed E-state index contributed by atoms with van der Waals surface area (Å²) in [4.78, 5) is 38.3. The van der Waals surface area contributed by atoms with Crippen molar-refractivity contribution in [2.75, 3.05) is 13.1 Å². The number of halogens is 6. The molecule has 230 valence electrons. The summed E-state index contributed by atoms with van der Waals surface area (Å²) >= 11 is 0. The smallest absolute Gasteiger partial charge is 0.416 e. The number of unbranched alkanes of at least 4 members (excludes halogenated alkanes) is 1. The lowest BCUT2D eigenvalue weighted by Crippen LogP contribution is -2.49. The molecule has 1 heterocycles. The van der Waals surface area contributed by atoms with Gasteiger partial charge in [0.15, 0.2) is 0 Å². The van der Waals surface area contributed by atoms with E-state index < -0.39 is 47.5 Å². The molecule has 0 spiro atoms. The summed E-state index contributed by atoms with van der Waals surface area (Å²) in [5.41, 5.74) is -2.07. The third-order valence-corrected chi connectivity index (χ3v) is 7.20. The lowest BCUT2D eigenvalue weighted by atomic mass is 9.81. The lowest BCUT2D eigenvalue weighted by Gasteiger charge is -2.29. The number of rotatable bonds is 11. The van der Waals surface area contributed by atoms with E-state index in [4.69, 9.17) is 4.74 Å². The number of hydrogen-bond donors (Lipinski definition) is 3. The average Bonchev–Trinajstić information content (AvgIpc) is 3.22. The zero-order chi connectivity index (χ0) is 31.3. The van der Waals surface area contributed by atoms with Crippen molar-refractivity contribution in [2.45, 2.75) is 69.9 Å². The van der Waals surface area contributed by atoms with Gasteiger partial charge in [0.1, 0.15) is 18.4 Å². The van der Waals surface area contributed by atoms with Gasteiger partial charge in [-0.05, 0) is 74.1 Å². The zero-order valence-corrected chi connectivity index (χ0v) is 22.9. The molecule has 3 amide bonds. The molecule has 42 heavy (non-hydrogen) atoms. The van der Waals surface area contributed by atoms with Crippen molar-refractivity contribution in [3.63, 3.8) is 0 Å². The van der Waals surface area contributed by atoms with Crippen LogP contribution >= 0.6 is 0 Å². The van der Waals surface area contributed by atoms with Gasteiger partial charge in [-0.15, -0.1) is 0 Å². The maximum Gasteiger partial charge on any atom is 0.416 e. The molecule has 3 rings (SSSR count). The molecule has 1 aliphatic heterocycles. The van der Waals surface area contributed by atoms with E-state index in [2.05, 4.69) is 5.32 Å². The highest BCUT2D eigenvalue weighted by Crippen LogP contribution is 2.39. The van der Waals surface area contributed by atoms with E-state index >= 15 is 0 Å². The van der Waals surface area contributed by atoms with Gasteiger partial charge >= 0.3 is 12.4 Å². The summed E-state index contributed by atoms with van der Waals surface area (Å²) < 4.78 is 84.2. The molecule has 0 bridgehead atoms. The van der Waals surface area contributed by atoms with Gasteiger partial charge in [-0.2, -0.15) is 26.3 Å². The number of nitrogens with one attached hydrogen (secondary N) is 2. The summed E-state index contributed by atoms with van der Waals surface area (Å²) in [6, 6.07) is 6.34. The highest BCUT2D eigenvalue weighted by molar-refractivity contribution is 5.94. The van der Waals surface area contributed by atoms with E-state index in [0.29, 0.717) is 43.5 Å². The first-order chi connectivity index (χ1) is 19.6. The van der Waals surface area contributed by atoms with E-state index in [1.165, 1.54) is 24.0 Å². The Balaban J connectivity index is 1.70. The number of benzene rings is 2. The van der Waals surface area contributed by atoms with E-state index in [-0.39, 0.29) is 42.2 Å². The predicted octanol–water partition coefficient (Wildman–Crippen LogP) is 4.97. The number of likely N-dealkylation sites (tertiary alicyclic amines) is 1. The molecule has 0 aromatic heterocycles. The molecule has 2 atom stereocenters. The second kappa shape index (κ2) is 13.0. The fraction of sp³-hybridized carbons (Fsp3) is 0.464. The van der Waals surface area contributed by atoms with Gasteiger partial charge in [-0.3, -0.25) is 19.6 Å². The van der Waals surface area contributed by atoms with Crippen LogP contribution in [0.4, 0.5) is 26.3 Å². The minimum Gasteiger partial charge on any atom is -0.489 e. The van der Waals surface area contributed by atoms with Crippen LogP contribution in [-0.4, -0.2) is 47.0 Å².